The minimum Gasteiger partial charge on any atom is -0.359 e. The van der Waals surface area contributed by atoms with Gasteiger partial charge in [-0.1, -0.05) is 40.2 Å². The molecular weight excluding hydrogens is 446 g/mol. The average Bonchev–Trinajstić information content (AvgIpc) is 3.43. The van der Waals surface area contributed by atoms with Gasteiger partial charge in [0.25, 0.3) is 0 Å². The molecule has 5 rings (SSSR count). The number of carbonyl (C=O) groups excluding carboxylic acids is 1. The molecule has 33 heavy (non-hydrogen) atoms. The number of nitrogens with one attached hydrogen (secondary N) is 1. The zero-order valence-electron chi connectivity index (χ0n) is 18.2. The number of aryl methyl sites for hydroxylation is 2. The third kappa shape index (κ3) is 3.84. The van der Waals surface area contributed by atoms with Crippen LogP contribution in [0.2, 0.25) is 5.02 Å². The lowest BCUT2D eigenvalue weighted by atomic mass is 10.1. The number of halogens is 1. The first-order chi connectivity index (χ1) is 16.1. The van der Waals surface area contributed by atoms with Crippen LogP contribution in [-0.2, 0) is 6.54 Å². The summed E-state index contributed by atoms with van der Waals surface area (Å²) in [6.45, 7) is 6.68. The van der Waals surface area contributed by atoms with Gasteiger partial charge >= 0.3 is 6.03 Å². The lowest BCUT2D eigenvalue weighted by Crippen LogP contribution is -2.50. The highest BCUT2D eigenvalue weighted by Crippen LogP contribution is 2.34. The number of amides is 2. The third-order valence-corrected chi connectivity index (χ3v) is 6.00. The Morgan fingerprint density at radius 1 is 1.18 bits per heavy atom. The molecule has 1 aliphatic rings. The topological polar surface area (TPSA) is 118 Å². The molecule has 2 amide bonds. The second-order valence-electron chi connectivity index (χ2n) is 7.62. The Bertz CT molecular complexity index is 1310. The number of fused-ring (bicyclic) bond motifs is 1. The fourth-order valence-corrected chi connectivity index (χ4v) is 4.11. The summed E-state index contributed by atoms with van der Waals surface area (Å²) in [6, 6.07) is 7.09. The summed E-state index contributed by atoms with van der Waals surface area (Å²) in [6.07, 6.45) is 1.52. The van der Waals surface area contributed by atoms with Gasteiger partial charge in [0.1, 0.15) is 17.7 Å². The molecule has 1 aliphatic heterocycles. The quantitative estimate of drug-likeness (QED) is 0.486. The minimum atomic E-state index is -0.223. The van der Waals surface area contributed by atoms with Crippen LogP contribution in [0, 0.1) is 6.92 Å². The molecule has 11 nitrogen and oxygen atoms in total. The highest BCUT2D eigenvalue weighted by atomic mass is 35.5. The van der Waals surface area contributed by atoms with E-state index in [1.807, 2.05) is 25.1 Å². The Morgan fingerprint density at radius 3 is 2.73 bits per heavy atom. The molecule has 0 spiro atoms. The molecule has 1 fully saturated rings. The number of hydrogen-bond acceptors (Lipinski definition) is 8. The molecule has 0 aliphatic carbocycles. The van der Waals surface area contributed by atoms with E-state index in [0.717, 1.165) is 5.82 Å². The Balaban J connectivity index is 1.30. The van der Waals surface area contributed by atoms with Gasteiger partial charge < -0.3 is 19.6 Å². The maximum atomic E-state index is 13.0. The van der Waals surface area contributed by atoms with E-state index in [9.17, 15) is 4.79 Å². The average molecular weight is 468 g/mol. The minimum absolute atomic E-state index is 0.223. The largest absolute Gasteiger partial charge is 0.359 e. The van der Waals surface area contributed by atoms with Crippen molar-refractivity contribution in [2.24, 2.45) is 0 Å². The van der Waals surface area contributed by atoms with E-state index in [1.54, 1.807) is 22.6 Å². The third-order valence-electron chi connectivity index (χ3n) is 5.67. The van der Waals surface area contributed by atoms with Gasteiger partial charge in [0.2, 0.25) is 0 Å². The van der Waals surface area contributed by atoms with Crippen molar-refractivity contribution in [2.45, 2.75) is 20.4 Å². The summed E-state index contributed by atoms with van der Waals surface area (Å²) in [5.41, 5.74) is 3.10. The number of anilines is 2. The second-order valence-corrected chi connectivity index (χ2v) is 8.03. The van der Waals surface area contributed by atoms with Gasteiger partial charge in [-0.15, -0.1) is 5.10 Å². The van der Waals surface area contributed by atoms with E-state index in [4.69, 9.17) is 16.1 Å². The number of benzene rings is 1. The molecule has 0 bridgehead atoms. The number of urea groups is 1. The molecule has 0 saturated carbocycles. The van der Waals surface area contributed by atoms with Gasteiger partial charge in [-0.2, -0.15) is 0 Å². The number of piperazine rings is 1. The van der Waals surface area contributed by atoms with Crippen LogP contribution in [0.5, 0.6) is 0 Å². The van der Waals surface area contributed by atoms with Crippen LogP contribution in [-0.4, -0.2) is 67.2 Å². The Labute approximate surface area is 194 Å². The Hall–Kier alpha value is -3.73. The van der Waals surface area contributed by atoms with Gasteiger partial charge in [-0.25, -0.2) is 19.4 Å². The van der Waals surface area contributed by atoms with Crippen LogP contribution in [0.4, 0.5) is 16.3 Å². The number of carbonyl (C=O) groups is 1. The predicted octanol–water partition coefficient (Wildman–Crippen LogP) is 3.21. The Morgan fingerprint density at radius 2 is 1.97 bits per heavy atom. The summed E-state index contributed by atoms with van der Waals surface area (Å²) in [5.74, 6) is 1.25. The van der Waals surface area contributed by atoms with Gasteiger partial charge in [0, 0.05) is 38.3 Å². The summed E-state index contributed by atoms with van der Waals surface area (Å²) < 4.78 is 7.08. The fraction of sp³-hybridized carbons (Fsp3) is 0.333. The van der Waals surface area contributed by atoms with Crippen molar-refractivity contribution in [1.82, 2.24) is 35.0 Å². The predicted molar refractivity (Wildman–Crippen MR) is 123 cm³/mol. The van der Waals surface area contributed by atoms with E-state index in [1.165, 1.54) is 6.33 Å². The Kier molecular flexibility index (Phi) is 5.55. The number of aromatic nitrogens is 6. The summed E-state index contributed by atoms with van der Waals surface area (Å²) in [5, 5.41) is 16.0. The van der Waals surface area contributed by atoms with Gasteiger partial charge in [-0.05, 0) is 19.9 Å². The van der Waals surface area contributed by atoms with Crippen molar-refractivity contribution >= 4 is 40.3 Å². The van der Waals surface area contributed by atoms with Crippen LogP contribution >= 0.6 is 11.6 Å². The molecule has 0 atom stereocenters. The molecule has 4 aromatic rings. The van der Waals surface area contributed by atoms with Crippen LogP contribution < -0.4 is 10.2 Å². The van der Waals surface area contributed by atoms with Crippen molar-refractivity contribution in [3.8, 4) is 11.3 Å². The smallest absolute Gasteiger partial charge is 0.322 e. The van der Waals surface area contributed by atoms with Crippen molar-refractivity contribution < 1.29 is 9.32 Å². The maximum Gasteiger partial charge on any atom is 0.322 e. The SMILES string of the molecule is CCn1nnc2c(N3CCN(C(=O)Nc4c(-c5ccccc5Cl)noc4C)CC3)ncnc21. The highest BCUT2D eigenvalue weighted by molar-refractivity contribution is 6.33. The fourth-order valence-electron chi connectivity index (χ4n) is 3.89. The van der Waals surface area contributed by atoms with E-state index < -0.39 is 0 Å². The first kappa shape index (κ1) is 21.1. The molecule has 1 saturated heterocycles. The number of nitrogens with zero attached hydrogens (tertiary/aromatic N) is 8. The monoisotopic (exact) mass is 467 g/mol. The lowest BCUT2D eigenvalue weighted by molar-refractivity contribution is 0.208. The van der Waals surface area contributed by atoms with E-state index in [2.05, 4.69) is 35.7 Å². The van der Waals surface area contributed by atoms with E-state index in [0.29, 0.717) is 71.6 Å². The van der Waals surface area contributed by atoms with E-state index >= 15 is 0 Å². The summed E-state index contributed by atoms with van der Waals surface area (Å²) >= 11 is 6.32. The standard InChI is InChI=1S/C21H22ClN9O2/c1-3-31-20-18(26-28-31)19(23-12-24-20)29-8-10-30(11-9-29)21(32)25-16-13(2)33-27-17(16)14-6-4-5-7-15(14)22/h4-7,12H,3,8-11H2,1-2H3,(H,25,32). The van der Waals surface area contributed by atoms with Crippen molar-refractivity contribution in [2.75, 3.05) is 36.4 Å². The molecule has 3 aromatic heterocycles. The van der Waals surface area contributed by atoms with Crippen LogP contribution in [0.15, 0.2) is 35.1 Å². The van der Waals surface area contributed by atoms with Crippen molar-refractivity contribution in [3.05, 3.63) is 41.4 Å². The molecule has 1 aromatic carbocycles. The van der Waals surface area contributed by atoms with Crippen molar-refractivity contribution in [1.29, 1.82) is 0 Å². The van der Waals surface area contributed by atoms with Crippen LogP contribution in [0.3, 0.4) is 0 Å². The number of rotatable bonds is 4. The lowest BCUT2D eigenvalue weighted by Gasteiger charge is -2.35. The van der Waals surface area contributed by atoms with Crippen LogP contribution in [0.25, 0.3) is 22.4 Å². The molecule has 4 heterocycles. The molecule has 170 valence electrons. The summed E-state index contributed by atoms with van der Waals surface area (Å²) in [7, 11) is 0. The molecule has 0 radical (unpaired) electrons. The first-order valence-corrected chi connectivity index (χ1v) is 11.0. The van der Waals surface area contributed by atoms with Crippen molar-refractivity contribution in [3.63, 3.8) is 0 Å². The second kappa shape index (κ2) is 8.66. The van der Waals surface area contributed by atoms with E-state index in [-0.39, 0.29) is 6.03 Å². The van der Waals surface area contributed by atoms with Gasteiger partial charge in [-0.3, -0.25) is 0 Å². The van der Waals surface area contributed by atoms with Gasteiger partial charge in [0.15, 0.2) is 22.7 Å². The zero-order chi connectivity index (χ0) is 22.9. The number of hydrogen-bond donors (Lipinski definition) is 1. The van der Waals surface area contributed by atoms with Crippen LogP contribution in [0.1, 0.15) is 12.7 Å². The molecular formula is C21H22ClN9O2. The molecule has 1 N–H and O–H groups in total. The zero-order valence-corrected chi connectivity index (χ0v) is 19.0. The molecule has 0 unspecified atom stereocenters. The molecule has 12 heteroatoms. The maximum absolute atomic E-state index is 13.0. The van der Waals surface area contributed by atoms with Gasteiger partial charge in [0.05, 0.1) is 5.02 Å². The summed E-state index contributed by atoms with van der Waals surface area (Å²) in [4.78, 5) is 25.6. The normalized spacial score (nSPS) is 14.2. The highest BCUT2D eigenvalue weighted by Gasteiger charge is 2.27. The first-order valence-electron chi connectivity index (χ1n) is 10.6.